The van der Waals surface area contributed by atoms with Crippen LogP contribution in [0.25, 0.3) is 0 Å². The second kappa shape index (κ2) is 21.9. The van der Waals surface area contributed by atoms with Crippen molar-refractivity contribution in [2.24, 2.45) is 23.7 Å². The van der Waals surface area contributed by atoms with Gasteiger partial charge in [0.15, 0.2) is 0 Å². The fourth-order valence-corrected chi connectivity index (χ4v) is 7.51. The Morgan fingerprint density at radius 3 is 0.857 bits per heavy atom. The van der Waals surface area contributed by atoms with Crippen molar-refractivity contribution in [1.82, 2.24) is 0 Å². The molecule has 2 saturated carbocycles. The van der Waals surface area contributed by atoms with E-state index in [2.05, 4.69) is 13.8 Å². The third-order valence-electron chi connectivity index (χ3n) is 10.8. The van der Waals surface area contributed by atoms with E-state index in [0.717, 1.165) is 109 Å². The molecule has 0 aromatic rings. The Kier molecular flexibility index (Phi) is 17.7. The minimum atomic E-state index is -0.464. The molecular formula is C39H64O10. The number of carbonyl (C=O) groups is 4. The molecule has 0 radical (unpaired) electrons. The van der Waals surface area contributed by atoms with Gasteiger partial charge >= 0.3 is 23.9 Å². The predicted molar refractivity (Wildman–Crippen MR) is 183 cm³/mol. The van der Waals surface area contributed by atoms with Crippen LogP contribution in [0.2, 0.25) is 0 Å². The van der Waals surface area contributed by atoms with Crippen LogP contribution in [0.1, 0.15) is 149 Å². The molecule has 0 bridgehead atoms. The Bertz CT molecular complexity index is 938. The lowest BCUT2D eigenvalue weighted by molar-refractivity contribution is -0.162. The molecule has 0 N–H and O–H groups in total. The van der Waals surface area contributed by atoms with Gasteiger partial charge in [-0.15, -0.1) is 0 Å². The Morgan fingerprint density at radius 1 is 0.388 bits per heavy atom. The Labute approximate surface area is 294 Å². The van der Waals surface area contributed by atoms with E-state index in [1.54, 1.807) is 0 Å². The van der Waals surface area contributed by atoms with Crippen molar-refractivity contribution in [3.05, 3.63) is 0 Å². The van der Waals surface area contributed by atoms with Gasteiger partial charge in [-0.25, -0.2) is 0 Å². The van der Waals surface area contributed by atoms with Crippen LogP contribution < -0.4 is 0 Å². The number of fused-ring (bicyclic) bond motifs is 2. The molecule has 10 nitrogen and oxygen atoms in total. The summed E-state index contributed by atoms with van der Waals surface area (Å²) >= 11 is 0. The summed E-state index contributed by atoms with van der Waals surface area (Å²) in [4.78, 5) is 51.2. The van der Waals surface area contributed by atoms with Crippen molar-refractivity contribution in [3.63, 3.8) is 0 Å². The predicted octanol–water partition coefficient (Wildman–Crippen LogP) is 7.42. The number of hydrogen-bond donors (Lipinski definition) is 0. The summed E-state index contributed by atoms with van der Waals surface area (Å²) in [5.41, 5.74) is 0. The van der Waals surface area contributed by atoms with Crippen molar-refractivity contribution in [2.45, 2.75) is 173 Å². The van der Waals surface area contributed by atoms with Crippen LogP contribution in [-0.4, -0.2) is 74.7 Å². The van der Waals surface area contributed by atoms with Crippen molar-refractivity contribution in [3.8, 4) is 0 Å². The molecule has 8 unspecified atom stereocenters. The fourth-order valence-electron chi connectivity index (χ4n) is 7.51. The molecule has 0 aromatic carbocycles. The first-order chi connectivity index (χ1) is 23.9. The zero-order valence-electron chi connectivity index (χ0n) is 30.4. The maximum absolute atomic E-state index is 12.9. The van der Waals surface area contributed by atoms with Crippen molar-refractivity contribution in [2.75, 3.05) is 26.4 Å². The summed E-state index contributed by atoms with van der Waals surface area (Å²) in [6.45, 7) is 5.90. The molecule has 2 saturated heterocycles. The Morgan fingerprint density at radius 2 is 0.612 bits per heavy atom. The van der Waals surface area contributed by atoms with Gasteiger partial charge in [-0.1, -0.05) is 97.3 Å². The maximum Gasteiger partial charge on any atom is 0.309 e. The first kappa shape index (κ1) is 39.6. The van der Waals surface area contributed by atoms with Crippen molar-refractivity contribution in [1.29, 1.82) is 0 Å². The molecule has 0 amide bonds. The molecule has 4 rings (SSSR count). The van der Waals surface area contributed by atoms with Crippen LogP contribution in [0.5, 0.6) is 0 Å². The van der Waals surface area contributed by atoms with Gasteiger partial charge < -0.3 is 28.4 Å². The van der Waals surface area contributed by atoms with Crippen molar-refractivity contribution < 1.29 is 47.6 Å². The number of hydrogen-bond acceptors (Lipinski definition) is 10. The van der Waals surface area contributed by atoms with Crippen LogP contribution in [0, 0.1) is 23.7 Å². The number of esters is 4. The minimum absolute atomic E-state index is 0.0819. The lowest BCUT2D eigenvalue weighted by Gasteiger charge is -2.26. The summed E-state index contributed by atoms with van der Waals surface area (Å²) in [6.07, 6.45) is 20.2. The minimum Gasteiger partial charge on any atom is -0.465 e. The first-order valence-corrected chi connectivity index (χ1v) is 19.9. The normalized spacial score (nSPS) is 28.1. The monoisotopic (exact) mass is 692 g/mol. The molecule has 2 aliphatic carbocycles. The van der Waals surface area contributed by atoms with Crippen LogP contribution in [0.15, 0.2) is 0 Å². The number of carbonyl (C=O) groups excluding carboxylic acids is 4. The molecule has 4 aliphatic rings. The molecule has 10 heteroatoms. The summed E-state index contributed by atoms with van der Waals surface area (Å²) in [7, 11) is 0. The number of rotatable bonds is 26. The molecule has 2 heterocycles. The molecule has 4 fully saturated rings. The molecule has 0 spiro atoms. The SMILES string of the molecule is CCCCCCOC(=O)C1CC2OC2CC1C(=O)OCCCCCCCCCCCOC(=O)C1CC2OC2CC1C(=O)OCCCCCC. The first-order valence-electron chi connectivity index (χ1n) is 19.9. The highest BCUT2D eigenvalue weighted by Gasteiger charge is 2.54. The van der Waals surface area contributed by atoms with Crippen LogP contribution in [-0.2, 0) is 47.6 Å². The van der Waals surface area contributed by atoms with Crippen molar-refractivity contribution >= 4 is 23.9 Å². The summed E-state index contributed by atoms with van der Waals surface area (Å²) < 4.78 is 33.5. The van der Waals surface area contributed by atoms with Gasteiger partial charge in [0, 0.05) is 0 Å². The van der Waals surface area contributed by atoms with E-state index >= 15 is 0 Å². The van der Waals surface area contributed by atoms with Gasteiger partial charge in [0.2, 0.25) is 0 Å². The van der Waals surface area contributed by atoms with E-state index in [1.807, 2.05) is 0 Å². The lowest BCUT2D eigenvalue weighted by atomic mass is 9.79. The smallest absolute Gasteiger partial charge is 0.309 e. The average Bonchev–Trinajstić information content (AvgIpc) is 4.03. The molecule has 49 heavy (non-hydrogen) atoms. The second-order valence-electron chi connectivity index (χ2n) is 14.8. The zero-order chi connectivity index (χ0) is 34.8. The van der Waals surface area contributed by atoms with E-state index in [1.165, 1.54) is 0 Å². The number of unbranched alkanes of at least 4 members (excludes halogenated alkanes) is 14. The van der Waals surface area contributed by atoms with E-state index in [4.69, 9.17) is 28.4 Å². The summed E-state index contributed by atoms with van der Waals surface area (Å²) in [6, 6.07) is 0. The average molecular weight is 693 g/mol. The molecule has 2 aliphatic heterocycles. The largest absolute Gasteiger partial charge is 0.465 e. The third-order valence-corrected chi connectivity index (χ3v) is 10.8. The Balaban J connectivity index is 0.974. The Hall–Kier alpha value is -2.20. The van der Waals surface area contributed by atoms with Crippen LogP contribution >= 0.6 is 0 Å². The highest BCUT2D eigenvalue weighted by molar-refractivity contribution is 5.83. The highest BCUT2D eigenvalue weighted by atomic mass is 16.6. The number of epoxide rings is 2. The lowest BCUT2D eigenvalue weighted by Crippen LogP contribution is -2.37. The van der Waals surface area contributed by atoms with Gasteiger partial charge in [0.05, 0.1) is 74.5 Å². The van der Waals surface area contributed by atoms with Gasteiger partial charge in [0.1, 0.15) is 0 Å². The molecular weight excluding hydrogens is 628 g/mol. The van der Waals surface area contributed by atoms with Gasteiger partial charge in [-0.3, -0.25) is 19.2 Å². The topological polar surface area (TPSA) is 130 Å². The molecule has 280 valence electrons. The quantitative estimate of drug-likeness (QED) is 0.0391. The fraction of sp³-hybridized carbons (Fsp3) is 0.897. The van der Waals surface area contributed by atoms with E-state index in [-0.39, 0.29) is 48.3 Å². The van der Waals surface area contributed by atoms with E-state index < -0.39 is 23.7 Å². The van der Waals surface area contributed by atoms with Gasteiger partial charge in [-0.2, -0.15) is 0 Å². The molecule has 8 atom stereocenters. The van der Waals surface area contributed by atoms with Gasteiger partial charge in [-0.05, 0) is 51.4 Å². The second-order valence-corrected chi connectivity index (χ2v) is 14.8. The standard InChI is InChI=1S/C39H64O10/c1-3-5-7-16-20-44-36(40)28-24-32-34(48-32)26-30(28)38(42)46-22-18-14-12-10-9-11-13-15-19-23-47-39(43)31-27-35-33(49-35)25-29(31)37(41)45-21-17-8-6-4-2/h28-35H,3-27H2,1-2H3. The highest BCUT2D eigenvalue weighted by Crippen LogP contribution is 2.45. The number of ether oxygens (including phenoxy) is 6. The maximum atomic E-state index is 12.9. The van der Waals surface area contributed by atoms with E-state index in [9.17, 15) is 19.2 Å². The zero-order valence-corrected chi connectivity index (χ0v) is 30.4. The van der Waals surface area contributed by atoms with Gasteiger partial charge in [0.25, 0.3) is 0 Å². The summed E-state index contributed by atoms with van der Waals surface area (Å²) in [5, 5.41) is 0. The molecule has 0 aromatic heterocycles. The van der Waals surface area contributed by atoms with Crippen LogP contribution in [0.4, 0.5) is 0 Å². The summed E-state index contributed by atoms with van der Waals surface area (Å²) in [5.74, 6) is -2.97. The third kappa shape index (κ3) is 13.8. The van der Waals surface area contributed by atoms with Crippen LogP contribution in [0.3, 0.4) is 0 Å². The van der Waals surface area contributed by atoms with E-state index in [0.29, 0.717) is 52.1 Å².